The van der Waals surface area contributed by atoms with Crippen LogP contribution in [0.4, 0.5) is 9.39 Å². The summed E-state index contributed by atoms with van der Waals surface area (Å²) in [6, 6.07) is 5.71. The molecule has 0 unspecified atom stereocenters. The van der Waals surface area contributed by atoms with Crippen LogP contribution in [0.3, 0.4) is 0 Å². The Morgan fingerprint density at radius 2 is 2.03 bits per heavy atom. The minimum absolute atomic E-state index is 0.105. The van der Waals surface area contributed by atoms with Gasteiger partial charge in [-0.3, -0.25) is 4.79 Å². The van der Waals surface area contributed by atoms with Gasteiger partial charge < -0.3 is 19.4 Å². The van der Waals surface area contributed by atoms with Crippen LogP contribution >= 0.6 is 23.1 Å². The van der Waals surface area contributed by atoms with Crippen molar-refractivity contribution in [3.63, 3.8) is 0 Å². The molecule has 2 heterocycles. The first-order valence-corrected chi connectivity index (χ1v) is 11.7. The van der Waals surface area contributed by atoms with E-state index in [1.165, 1.54) is 54.5 Å². The van der Waals surface area contributed by atoms with Crippen LogP contribution in [0.5, 0.6) is 5.75 Å². The molecule has 0 aliphatic heterocycles. The summed E-state index contributed by atoms with van der Waals surface area (Å²) in [5.41, 5.74) is 1.46. The Morgan fingerprint density at radius 3 is 2.78 bits per heavy atom. The van der Waals surface area contributed by atoms with Crippen LogP contribution in [-0.4, -0.2) is 39.5 Å². The molecule has 2 aromatic heterocycles. The van der Waals surface area contributed by atoms with E-state index in [-0.39, 0.29) is 24.1 Å². The average molecular weight is 477 g/mol. The Balaban J connectivity index is 1.35. The lowest BCUT2D eigenvalue weighted by Crippen LogP contribution is -2.16. The quantitative estimate of drug-likeness (QED) is 0.392. The van der Waals surface area contributed by atoms with Gasteiger partial charge in [0.2, 0.25) is 5.91 Å². The number of aryl methyl sites for hydroxylation is 1. The maximum Gasteiger partial charge on any atom is 0.341 e. The zero-order valence-corrected chi connectivity index (χ0v) is 19.1. The number of rotatable bonds is 8. The van der Waals surface area contributed by atoms with Gasteiger partial charge in [-0.05, 0) is 49.1 Å². The van der Waals surface area contributed by atoms with E-state index in [1.807, 2.05) is 0 Å². The summed E-state index contributed by atoms with van der Waals surface area (Å²) >= 11 is 2.67. The number of thioether (sulfide) groups is 1. The fraction of sp³-hybridized carbons (Fsp3) is 0.333. The molecule has 1 N–H and O–H groups in total. The number of carbonyl (C=O) groups excluding carboxylic acids is 2. The molecule has 168 valence electrons. The van der Waals surface area contributed by atoms with Gasteiger partial charge in [-0.15, -0.1) is 21.5 Å². The summed E-state index contributed by atoms with van der Waals surface area (Å²) in [6.45, 7) is 0.158. The highest BCUT2D eigenvalue weighted by Gasteiger charge is 2.28. The number of nitrogens with one attached hydrogen (secondary N) is 1. The molecule has 1 aliphatic rings. The fourth-order valence-electron chi connectivity index (χ4n) is 3.38. The summed E-state index contributed by atoms with van der Waals surface area (Å²) in [6.07, 6.45) is 2.74. The summed E-state index contributed by atoms with van der Waals surface area (Å²) in [7, 11) is 3.12. The number of benzene rings is 1. The van der Waals surface area contributed by atoms with Crippen LogP contribution in [0.1, 0.15) is 33.0 Å². The van der Waals surface area contributed by atoms with E-state index < -0.39 is 5.97 Å². The van der Waals surface area contributed by atoms with Crippen LogP contribution in [0.2, 0.25) is 0 Å². The van der Waals surface area contributed by atoms with Crippen molar-refractivity contribution in [1.29, 1.82) is 0 Å². The normalized spacial score (nSPS) is 12.5. The Morgan fingerprint density at radius 1 is 1.25 bits per heavy atom. The predicted octanol–water partition coefficient (Wildman–Crippen LogP) is 3.60. The Hall–Kier alpha value is -2.92. The first-order chi connectivity index (χ1) is 15.5. The van der Waals surface area contributed by atoms with Crippen LogP contribution in [-0.2, 0) is 36.0 Å². The van der Waals surface area contributed by atoms with Gasteiger partial charge in [0.15, 0.2) is 11.0 Å². The Labute approximate surface area is 192 Å². The van der Waals surface area contributed by atoms with E-state index in [0.717, 1.165) is 29.7 Å². The van der Waals surface area contributed by atoms with E-state index in [9.17, 15) is 14.0 Å². The number of aromatic nitrogens is 3. The van der Waals surface area contributed by atoms with Gasteiger partial charge in [-0.2, -0.15) is 0 Å². The van der Waals surface area contributed by atoms with Gasteiger partial charge in [0, 0.05) is 11.9 Å². The molecule has 8 nitrogen and oxygen atoms in total. The third kappa shape index (κ3) is 4.78. The molecule has 1 amide bonds. The van der Waals surface area contributed by atoms with Crippen molar-refractivity contribution in [2.24, 2.45) is 7.05 Å². The van der Waals surface area contributed by atoms with Crippen LogP contribution in [0.25, 0.3) is 0 Å². The molecule has 0 radical (unpaired) electrons. The second kappa shape index (κ2) is 9.70. The van der Waals surface area contributed by atoms with E-state index in [2.05, 4.69) is 15.5 Å². The summed E-state index contributed by atoms with van der Waals surface area (Å²) < 4.78 is 25.2. The van der Waals surface area contributed by atoms with Gasteiger partial charge in [0.1, 0.15) is 23.2 Å². The number of esters is 1. The number of nitrogens with zero attached hydrogens (tertiary/aromatic N) is 3. The molecule has 0 atom stereocenters. The maximum absolute atomic E-state index is 13.0. The molecule has 11 heteroatoms. The smallest absolute Gasteiger partial charge is 0.341 e. The van der Waals surface area contributed by atoms with Gasteiger partial charge in [0.25, 0.3) is 0 Å². The molecule has 1 aromatic carbocycles. The van der Waals surface area contributed by atoms with Gasteiger partial charge in [-0.25, -0.2) is 9.18 Å². The fourth-order valence-corrected chi connectivity index (χ4v) is 5.40. The number of hydrogen-bond donors (Lipinski definition) is 1. The SMILES string of the molecule is COC(=O)c1c(NC(=O)CSc2nnc(COc3ccc(F)cc3)n2C)sc2c1CCC2. The molecule has 0 fully saturated rings. The number of ether oxygens (including phenoxy) is 2. The highest BCUT2D eigenvalue weighted by Crippen LogP contribution is 2.39. The second-order valence-corrected chi connectivity index (χ2v) is 9.14. The molecule has 4 rings (SSSR count). The lowest BCUT2D eigenvalue weighted by Gasteiger charge is -2.08. The molecule has 0 bridgehead atoms. The molecule has 3 aromatic rings. The van der Waals surface area contributed by atoms with Crippen LogP contribution in [0, 0.1) is 5.82 Å². The number of fused-ring (bicyclic) bond motifs is 1. The van der Waals surface area contributed by atoms with E-state index in [1.54, 1.807) is 11.6 Å². The first kappa shape index (κ1) is 22.3. The van der Waals surface area contributed by atoms with Crippen molar-refractivity contribution in [2.75, 3.05) is 18.2 Å². The van der Waals surface area contributed by atoms with Crippen LogP contribution < -0.4 is 10.1 Å². The van der Waals surface area contributed by atoms with Crippen LogP contribution in [0.15, 0.2) is 29.4 Å². The van der Waals surface area contributed by atoms with E-state index in [0.29, 0.717) is 27.3 Å². The number of anilines is 1. The average Bonchev–Trinajstić information content (AvgIpc) is 3.46. The van der Waals surface area contributed by atoms with Crippen molar-refractivity contribution in [1.82, 2.24) is 14.8 Å². The van der Waals surface area contributed by atoms with E-state index >= 15 is 0 Å². The second-order valence-electron chi connectivity index (χ2n) is 7.09. The zero-order valence-electron chi connectivity index (χ0n) is 17.5. The minimum Gasteiger partial charge on any atom is -0.486 e. The summed E-state index contributed by atoms with van der Waals surface area (Å²) in [5.74, 6) is 0.193. The lowest BCUT2D eigenvalue weighted by molar-refractivity contribution is -0.113. The topological polar surface area (TPSA) is 95.3 Å². The predicted molar refractivity (Wildman–Crippen MR) is 119 cm³/mol. The summed E-state index contributed by atoms with van der Waals surface area (Å²) in [5, 5.41) is 12.1. The largest absolute Gasteiger partial charge is 0.486 e. The Kier molecular flexibility index (Phi) is 6.75. The monoisotopic (exact) mass is 476 g/mol. The Bertz CT molecular complexity index is 1140. The van der Waals surface area contributed by atoms with Crippen molar-refractivity contribution in [2.45, 2.75) is 31.0 Å². The van der Waals surface area contributed by atoms with Crippen molar-refractivity contribution >= 4 is 40.0 Å². The molecule has 0 spiro atoms. The standard InChI is InChI=1S/C21H21FN4O4S2/c1-26-16(10-30-13-8-6-12(22)7-9-13)24-25-21(26)31-11-17(27)23-19-18(20(28)29-2)14-4-3-5-15(14)32-19/h6-9H,3-5,10-11H2,1-2H3,(H,23,27). The number of thiophene rings is 1. The van der Waals surface area contributed by atoms with E-state index in [4.69, 9.17) is 9.47 Å². The zero-order chi connectivity index (χ0) is 22.7. The number of carbonyl (C=O) groups is 2. The van der Waals surface area contributed by atoms with Gasteiger partial charge in [-0.1, -0.05) is 11.8 Å². The highest BCUT2D eigenvalue weighted by atomic mass is 32.2. The third-order valence-electron chi connectivity index (χ3n) is 5.00. The molecule has 1 aliphatic carbocycles. The number of methoxy groups -OCH3 is 1. The van der Waals surface area contributed by atoms with Gasteiger partial charge >= 0.3 is 5.97 Å². The van der Waals surface area contributed by atoms with Crippen molar-refractivity contribution in [3.05, 3.63) is 51.9 Å². The lowest BCUT2D eigenvalue weighted by atomic mass is 10.1. The highest BCUT2D eigenvalue weighted by molar-refractivity contribution is 7.99. The number of amides is 1. The minimum atomic E-state index is -0.425. The molecule has 0 saturated heterocycles. The molecule has 32 heavy (non-hydrogen) atoms. The first-order valence-electron chi connectivity index (χ1n) is 9.88. The van der Waals surface area contributed by atoms with Gasteiger partial charge in [0.05, 0.1) is 18.4 Å². The number of hydrogen-bond acceptors (Lipinski definition) is 8. The van der Waals surface area contributed by atoms with Crippen molar-refractivity contribution in [3.8, 4) is 5.75 Å². The number of halogens is 1. The molecule has 0 saturated carbocycles. The molecular weight excluding hydrogens is 455 g/mol. The van der Waals surface area contributed by atoms with Crippen molar-refractivity contribution < 1.29 is 23.5 Å². The summed E-state index contributed by atoms with van der Waals surface area (Å²) in [4.78, 5) is 25.9. The maximum atomic E-state index is 13.0. The molecular formula is C21H21FN4O4S2. The third-order valence-corrected chi connectivity index (χ3v) is 7.23.